The summed E-state index contributed by atoms with van der Waals surface area (Å²) < 4.78 is 1.77. The van der Waals surface area contributed by atoms with Gasteiger partial charge in [-0.1, -0.05) is 6.92 Å². The summed E-state index contributed by atoms with van der Waals surface area (Å²) in [7, 11) is 1.78. The monoisotopic (exact) mass is 278 g/mol. The maximum atomic E-state index is 12.5. The standard InChI is InChI=1S/C13H18N4O3/c1-8-5-15(2)12(18)11-9-7-16(13(19)20)4-3-10(9)14-17(11)6-8/h8H,3-7H2,1-2H3,(H,19,20). The lowest BCUT2D eigenvalue weighted by Gasteiger charge is -2.24. The molecule has 20 heavy (non-hydrogen) atoms. The van der Waals surface area contributed by atoms with E-state index in [9.17, 15) is 9.59 Å². The van der Waals surface area contributed by atoms with Crippen molar-refractivity contribution in [2.45, 2.75) is 26.4 Å². The summed E-state index contributed by atoms with van der Waals surface area (Å²) in [6.45, 7) is 4.18. The van der Waals surface area contributed by atoms with E-state index in [4.69, 9.17) is 5.11 Å². The second-order valence-corrected chi connectivity index (χ2v) is 5.70. The SMILES string of the molecule is CC1CN(C)C(=O)c2c3c(nn2C1)CCN(C(=O)O)C3. The van der Waals surface area contributed by atoms with Gasteiger partial charge in [0.15, 0.2) is 0 Å². The van der Waals surface area contributed by atoms with Gasteiger partial charge in [-0.05, 0) is 5.92 Å². The van der Waals surface area contributed by atoms with E-state index < -0.39 is 6.09 Å². The van der Waals surface area contributed by atoms with Crippen LogP contribution in [0.1, 0.15) is 28.7 Å². The maximum Gasteiger partial charge on any atom is 0.407 e. The van der Waals surface area contributed by atoms with Gasteiger partial charge in [0.25, 0.3) is 5.91 Å². The number of amides is 2. The molecule has 1 atom stereocenters. The van der Waals surface area contributed by atoms with Crippen LogP contribution in [-0.4, -0.2) is 56.8 Å². The van der Waals surface area contributed by atoms with Crippen molar-refractivity contribution < 1.29 is 14.7 Å². The average molecular weight is 278 g/mol. The van der Waals surface area contributed by atoms with Crippen LogP contribution in [0.3, 0.4) is 0 Å². The van der Waals surface area contributed by atoms with E-state index in [0.717, 1.165) is 11.3 Å². The number of nitrogens with zero attached hydrogens (tertiary/aromatic N) is 4. The van der Waals surface area contributed by atoms with Gasteiger partial charge < -0.3 is 14.9 Å². The Morgan fingerprint density at radius 1 is 1.40 bits per heavy atom. The molecule has 2 amide bonds. The number of carbonyl (C=O) groups is 2. The highest BCUT2D eigenvalue weighted by atomic mass is 16.4. The third kappa shape index (κ3) is 1.93. The fraction of sp³-hybridized carbons (Fsp3) is 0.615. The summed E-state index contributed by atoms with van der Waals surface area (Å²) in [6.07, 6.45) is -0.370. The summed E-state index contributed by atoms with van der Waals surface area (Å²) in [5.74, 6) is 0.275. The molecule has 0 aromatic carbocycles. The lowest BCUT2D eigenvalue weighted by molar-refractivity contribution is 0.0780. The summed E-state index contributed by atoms with van der Waals surface area (Å²) in [5, 5.41) is 13.7. The van der Waals surface area contributed by atoms with Gasteiger partial charge in [0, 0.05) is 38.7 Å². The minimum Gasteiger partial charge on any atom is -0.465 e. The minimum atomic E-state index is -0.946. The van der Waals surface area contributed by atoms with Crippen molar-refractivity contribution in [3.05, 3.63) is 17.0 Å². The number of fused-ring (bicyclic) bond motifs is 3. The molecular weight excluding hydrogens is 260 g/mol. The van der Waals surface area contributed by atoms with E-state index in [1.165, 1.54) is 4.90 Å². The Hall–Kier alpha value is -2.05. The van der Waals surface area contributed by atoms with Crippen molar-refractivity contribution in [3.8, 4) is 0 Å². The number of carboxylic acid groups (broad SMARTS) is 1. The molecule has 7 heteroatoms. The molecule has 0 bridgehead atoms. The van der Waals surface area contributed by atoms with Gasteiger partial charge in [-0.3, -0.25) is 9.48 Å². The van der Waals surface area contributed by atoms with Crippen LogP contribution in [-0.2, 0) is 19.5 Å². The number of carbonyl (C=O) groups excluding carboxylic acids is 1. The molecule has 1 aromatic rings. The summed E-state index contributed by atoms with van der Waals surface area (Å²) in [5.41, 5.74) is 2.22. The number of aromatic nitrogens is 2. The Balaban J connectivity index is 2.05. The second kappa shape index (κ2) is 4.50. The summed E-state index contributed by atoms with van der Waals surface area (Å²) in [4.78, 5) is 26.7. The Morgan fingerprint density at radius 2 is 2.15 bits per heavy atom. The third-order valence-corrected chi connectivity index (χ3v) is 3.99. The molecule has 0 aliphatic carbocycles. The Kier molecular flexibility index (Phi) is 2.92. The molecule has 1 aromatic heterocycles. The van der Waals surface area contributed by atoms with E-state index in [-0.39, 0.29) is 12.5 Å². The molecule has 3 rings (SSSR count). The maximum absolute atomic E-state index is 12.5. The fourth-order valence-corrected chi connectivity index (χ4v) is 3.05. The van der Waals surface area contributed by atoms with E-state index in [1.807, 2.05) is 0 Å². The van der Waals surface area contributed by atoms with E-state index in [0.29, 0.717) is 37.7 Å². The van der Waals surface area contributed by atoms with Crippen LogP contribution in [0.15, 0.2) is 0 Å². The lowest BCUT2D eigenvalue weighted by atomic mass is 10.1. The Morgan fingerprint density at radius 3 is 2.85 bits per heavy atom. The number of hydrogen-bond donors (Lipinski definition) is 1. The molecule has 1 unspecified atom stereocenters. The Bertz CT molecular complexity index is 580. The first-order valence-electron chi connectivity index (χ1n) is 6.79. The molecule has 2 aliphatic heterocycles. The smallest absolute Gasteiger partial charge is 0.407 e. The molecule has 0 radical (unpaired) electrons. The van der Waals surface area contributed by atoms with E-state index in [1.54, 1.807) is 16.6 Å². The van der Waals surface area contributed by atoms with E-state index in [2.05, 4.69) is 12.0 Å². The molecule has 0 saturated heterocycles. The summed E-state index contributed by atoms with van der Waals surface area (Å²) >= 11 is 0. The van der Waals surface area contributed by atoms with Gasteiger partial charge in [-0.25, -0.2) is 4.79 Å². The van der Waals surface area contributed by atoms with Crippen molar-refractivity contribution in [1.82, 2.24) is 19.6 Å². The van der Waals surface area contributed by atoms with Crippen LogP contribution in [0.4, 0.5) is 4.79 Å². The third-order valence-electron chi connectivity index (χ3n) is 3.99. The molecular formula is C13H18N4O3. The largest absolute Gasteiger partial charge is 0.465 e. The zero-order valence-corrected chi connectivity index (χ0v) is 11.7. The van der Waals surface area contributed by atoms with Gasteiger partial charge in [0.2, 0.25) is 0 Å². The zero-order chi connectivity index (χ0) is 14.4. The zero-order valence-electron chi connectivity index (χ0n) is 11.7. The molecule has 3 heterocycles. The van der Waals surface area contributed by atoms with Gasteiger partial charge >= 0.3 is 6.09 Å². The van der Waals surface area contributed by atoms with Crippen LogP contribution in [0.5, 0.6) is 0 Å². The van der Waals surface area contributed by atoms with Crippen LogP contribution in [0, 0.1) is 5.92 Å². The minimum absolute atomic E-state index is 0.0599. The van der Waals surface area contributed by atoms with Crippen LogP contribution < -0.4 is 0 Å². The van der Waals surface area contributed by atoms with Crippen LogP contribution >= 0.6 is 0 Å². The number of rotatable bonds is 0. The van der Waals surface area contributed by atoms with Gasteiger partial charge in [0.1, 0.15) is 5.69 Å². The molecule has 108 valence electrons. The normalized spacial score (nSPS) is 22.3. The highest BCUT2D eigenvalue weighted by molar-refractivity contribution is 5.94. The van der Waals surface area contributed by atoms with Crippen molar-refractivity contribution >= 4 is 12.0 Å². The number of hydrogen-bond acceptors (Lipinski definition) is 3. The van der Waals surface area contributed by atoms with Crippen molar-refractivity contribution in [2.75, 3.05) is 20.1 Å². The molecule has 2 aliphatic rings. The van der Waals surface area contributed by atoms with E-state index >= 15 is 0 Å². The quantitative estimate of drug-likeness (QED) is 0.755. The van der Waals surface area contributed by atoms with Gasteiger partial charge in [0.05, 0.1) is 12.2 Å². The van der Waals surface area contributed by atoms with Crippen LogP contribution in [0.25, 0.3) is 0 Å². The van der Waals surface area contributed by atoms with Crippen molar-refractivity contribution in [3.63, 3.8) is 0 Å². The molecule has 0 saturated carbocycles. The molecule has 1 N–H and O–H groups in total. The second-order valence-electron chi connectivity index (χ2n) is 5.70. The summed E-state index contributed by atoms with van der Waals surface area (Å²) in [6, 6.07) is 0. The topological polar surface area (TPSA) is 78.7 Å². The fourth-order valence-electron chi connectivity index (χ4n) is 3.05. The first-order valence-corrected chi connectivity index (χ1v) is 6.79. The van der Waals surface area contributed by atoms with Crippen LogP contribution in [0.2, 0.25) is 0 Å². The van der Waals surface area contributed by atoms with Crippen molar-refractivity contribution in [2.24, 2.45) is 5.92 Å². The molecule has 0 fully saturated rings. The Labute approximate surface area is 116 Å². The highest BCUT2D eigenvalue weighted by Gasteiger charge is 2.33. The molecule has 7 nitrogen and oxygen atoms in total. The van der Waals surface area contributed by atoms with Gasteiger partial charge in [-0.2, -0.15) is 5.10 Å². The predicted octanol–water partition coefficient (Wildman–Crippen LogP) is 0.641. The average Bonchev–Trinajstić information content (AvgIpc) is 2.68. The highest BCUT2D eigenvalue weighted by Crippen LogP contribution is 2.26. The molecule has 0 spiro atoms. The first kappa shape index (κ1) is 13.0. The van der Waals surface area contributed by atoms with Gasteiger partial charge in [-0.15, -0.1) is 0 Å². The predicted molar refractivity (Wildman–Crippen MR) is 70.5 cm³/mol. The first-order chi connectivity index (χ1) is 9.47. The lowest BCUT2D eigenvalue weighted by Crippen LogP contribution is -2.36. The van der Waals surface area contributed by atoms with Crippen molar-refractivity contribution in [1.29, 1.82) is 0 Å².